The number of aromatic nitrogens is 3. The van der Waals surface area contributed by atoms with Gasteiger partial charge in [-0.25, -0.2) is 9.67 Å². The van der Waals surface area contributed by atoms with Crippen LogP contribution in [0.5, 0.6) is 0 Å². The molecule has 0 spiro atoms. The highest BCUT2D eigenvalue weighted by molar-refractivity contribution is 7.92. The molecule has 7 nitrogen and oxygen atoms in total. The molecule has 0 aromatic carbocycles. The van der Waals surface area contributed by atoms with E-state index in [9.17, 15) is 8.42 Å². The van der Waals surface area contributed by atoms with Crippen LogP contribution in [0.4, 0.5) is 11.5 Å². The lowest BCUT2D eigenvalue weighted by atomic mass is 10.4. The minimum Gasteiger partial charge on any atom is -0.386 e. The Morgan fingerprint density at radius 1 is 1.25 bits per heavy atom. The molecule has 0 atom stereocenters. The van der Waals surface area contributed by atoms with Crippen molar-refractivity contribution in [1.29, 1.82) is 0 Å². The fraction of sp³-hybridized carbons (Fsp3) is 0.333. The molecule has 108 valence electrons. The Labute approximate surface area is 118 Å². The summed E-state index contributed by atoms with van der Waals surface area (Å²) in [7, 11) is -2.12. The molecular weight excluding hydrogens is 278 g/mol. The Morgan fingerprint density at radius 3 is 2.65 bits per heavy atom. The molecule has 2 N–H and O–H groups in total. The fourth-order valence-corrected chi connectivity index (χ4v) is 2.98. The normalized spacial score (nSPS) is 11.6. The molecule has 0 saturated heterocycles. The molecule has 2 aromatic rings. The summed E-state index contributed by atoms with van der Waals surface area (Å²) >= 11 is 0. The van der Waals surface area contributed by atoms with E-state index >= 15 is 0 Å². The van der Waals surface area contributed by atoms with Gasteiger partial charge in [0.15, 0.2) is 5.03 Å². The quantitative estimate of drug-likeness (QED) is 0.876. The number of sulfonamides is 1. The highest BCUT2D eigenvalue weighted by atomic mass is 32.2. The zero-order valence-electron chi connectivity index (χ0n) is 11.5. The standard InChI is InChI=1S/C12H17N5O2S/c1-9(2)17-11(6-8-15-17)16-20(18,19)12-10(13-3)5-4-7-14-12/h4-9,13,16H,1-3H3. The van der Waals surface area contributed by atoms with Crippen LogP contribution in [0.25, 0.3) is 0 Å². The van der Waals surface area contributed by atoms with Gasteiger partial charge in [0.1, 0.15) is 5.82 Å². The van der Waals surface area contributed by atoms with Crippen molar-refractivity contribution in [3.05, 3.63) is 30.6 Å². The Morgan fingerprint density at radius 2 is 2.00 bits per heavy atom. The predicted molar refractivity (Wildman–Crippen MR) is 77.2 cm³/mol. The first-order valence-corrected chi connectivity index (χ1v) is 7.63. The van der Waals surface area contributed by atoms with E-state index in [2.05, 4.69) is 20.1 Å². The van der Waals surface area contributed by atoms with Crippen molar-refractivity contribution in [3.63, 3.8) is 0 Å². The van der Waals surface area contributed by atoms with Gasteiger partial charge < -0.3 is 5.32 Å². The van der Waals surface area contributed by atoms with E-state index in [-0.39, 0.29) is 11.1 Å². The molecule has 2 aromatic heterocycles. The molecule has 0 radical (unpaired) electrons. The predicted octanol–water partition coefficient (Wildman–Crippen LogP) is 1.70. The first kappa shape index (κ1) is 14.3. The topological polar surface area (TPSA) is 88.9 Å². The van der Waals surface area contributed by atoms with Gasteiger partial charge in [-0.3, -0.25) is 4.72 Å². The van der Waals surface area contributed by atoms with Crippen molar-refractivity contribution >= 4 is 21.5 Å². The zero-order valence-corrected chi connectivity index (χ0v) is 12.3. The number of rotatable bonds is 5. The van der Waals surface area contributed by atoms with E-state index in [1.54, 1.807) is 36.1 Å². The largest absolute Gasteiger partial charge is 0.386 e. The molecule has 0 aliphatic heterocycles. The maximum absolute atomic E-state index is 12.4. The van der Waals surface area contributed by atoms with E-state index in [1.807, 2.05) is 13.8 Å². The summed E-state index contributed by atoms with van der Waals surface area (Å²) in [4.78, 5) is 3.93. The van der Waals surface area contributed by atoms with Gasteiger partial charge >= 0.3 is 0 Å². The van der Waals surface area contributed by atoms with Crippen LogP contribution >= 0.6 is 0 Å². The summed E-state index contributed by atoms with van der Waals surface area (Å²) in [6.45, 7) is 3.84. The van der Waals surface area contributed by atoms with Crippen molar-refractivity contribution < 1.29 is 8.42 Å². The third kappa shape index (κ3) is 2.74. The summed E-state index contributed by atoms with van der Waals surface area (Å²) in [6.07, 6.45) is 2.99. The molecule has 0 saturated carbocycles. The molecule has 8 heteroatoms. The minimum absolute atomic E-state index is 0.0426. The highest BCUT2D eigenvalue weighted by Gasteiger charge is 2.21. The van der Waals surface area contributed by atoms with Crippen LogP contribution < -0.4 is 10.0 Å². The van der Waals surface area contributed by atoms with E-state index in [0.717, 1.165) is 0 Å². The lowest BCUT2D eigenvalue weighted by molar-refractivity contribution is 0.539. The Kier molecular flexibility index (Phi) is 3.93. The summed E-state index contributed by atoms with van der Waals surface area (Å²) in [6, 6.07) is 4.99. The summed E-state index contributed by atoms with van der Waals surface area (Å²) in [5, 5.41) is 6.86. The van der Waals surface area contributed by atoms with Crippen LogP contribution in [0, 0.1) is 0 Å². The van der Waals surface area contributed by atoms with E-state index in [4.69, 9.17) is 0 Å². The lowest BCUT2D eigenvalue weighted by Crippen LogP contribution is -2.19. The molecule has 0 bridgehead atoms. The number of hydrogen-bond donors (Lipinski definition) is 2. The molecule has 0 amide bonds. The average Bonchev–Trinajstić information content (AvgIpc) is 2.86. The molecule has 20 heavy (non-hydrogen) atoms. The van der Waals surface area contributed by atoms with Gasteiger partial charge in [-0.2, -0.15) is 13.5 Å². The Balaban J connectivity index is 2.39. The van der Waals surface area contributed by atoms with Crippen LogP contribution in [0.3, 0.4) is 0 Å². The number of nitrogens with zero attached hydrogens (tertiary/aromatic N) is 3. The average molecular weight is 295 g/mol. The zero-order chi connectivity index (χ0) is 14.8. The van der Waals surface area contributed by atoms with E-state index in [0.29, 0.717) is 11.5 Å². The molecule has 0 unspecified atom stereocenters. The fourth-order valence-electron chi connectivity index (χ4n) is 1.79. The van der Waals surface area contributed by atoms with Gasteiger partial charge in [0.25, 0.3) is 10.0 Å². The lowest BCUT2D eigenvalue weighted by Gasteiger charge is -2.14. The van der Waals surface area contributed by atoms with Crippen LogP contribution in [0.15, 0.2) is 35.6 Å². The first-order chi connectivity index (χ1) is 9.45. The van der Waals surface area contributed by atoms with Crippen molar-refractivity contribution in [2.24, 2.45) is 0 Å². The third-order valence-electron chi connectivity index (χ3n) is 2.69. The van der Waals surface area contributed by atoms with Crippen LogP contribution in [0.1, 0.15) is 19.9 Å². The molecule has 0 fully saturated rings. The number of nitrogens with one attached hydrogen (secondary N) is 2. The second-order valence-electron chi connectivity index (χ2n) is 4.47. The SMILES string of the molecule is CNc1cccnc1S(=O)(=O)Nc1ccnn1C(C)C. The molecule has 0 aliphatic rings. The summed E-state index contributed by atoms with van der Waals surface area (Å²) < 4.78 is 28.9. The monoisotopic (exact) mass is 295 g/mol. The van der Waals surface area contributed by atoms with Crippen LogP contribution in [-0.2, 0) is 10.0 Å². The minimum atomic E-state index is -3.77. The van der Waals surface area contributed by atoms with Crippen molar-refractivity contribution in [2.75, 3.05) is 17.1 Å². The van der Waals surface area contributed by atoms with Gasteiger partial charge in [-0.05, 0) is 26.0 Å². The van der Waals surface area contributed by atoms with Gasteiger partial charge in [0, 0.05) is 25.4 Å². The highest BCUT2D eigenvalue weighted by Crippen LogP contribution is 2.22. The van der Waals surface area contributed by atoms with E-state index < -0.39 is 10.0 Å². The van der Waals surface area contributed by atoms with Crippen LogP contribution in [0.2, 0.25) is 0 Å². The Hall–Kier alpha value is -2.09. The maximum Gasteiger partial charge on any atom is 0.282 e. The van der Waals surface area contributed by atoms with Gasteiger partial charge in [-0.1, -0.05) is 0 Å². The maximum atomic E-state index is 12.4. The number of hydrogen-bond acceptors (Lipinski definition) is 5. The van der Waals surface area contributed by atoms with E-state index in [1.165, 1.54) is 6.20 Å². The van der Waals surface area contributed by atoms with Crippen molar-refractivity contribution in [2.45, 2.75) is 24.9 Å². The van der Waals surface area contributed by atoms with Crippen molar-refractivity contribution in [1.82, 2.24) is 14.8 Å². The van der Waals surface area contributed by atoms with Crippen LogP contribution in [-0.4, -0.2) is 30.2 Å². The second-order valence-corrected chi connectivity index (χ2v) is 6.06. The van der Waals surface area contributed by atoms with Gasteiger partial charge in [0.05, 0.1) is 11.9 Å². The van der Waals surface area contributed by atoms with Gasteiger partial charge in [-0.15, -0.1) is 0 Å². The van der Waals surface area contributed by atoms with Gasteiger partial charge in [0.2, 0.25) is 0 Å². The first-order valence-electron chi connectivity index (χ1n) is 6.15. The molecular formula is C12H17N5O2S. The smallest absolute Gasteiger partial charge is 0.282 e. The molecule has 2 rings (SSSR count). The Bertz CT molecular complexity index is 693. The number of pyridine rings is 1. The summed E-state index contributed by atoms with van der Waals surface area (Å²) in [5.41, 5.74) is 0.440. The molecule has 0 aliphatic carbocycles. The summed E-state index contributed by atoms with van der Waals surface area (Å²) in [5.74, 6) is 0.410. The third-order valence-corrected chi connectivity index (χ3v) is 4.01. The molecule has 2 heterocycles. The second kappa shape index (κ2) is 5.49. The number of anilines is 2. The van der Waals surface area contributed by atoms with Crippen molar-refractivity contribution in [3.8, 4) is 0 Å².